The van der Waals surface area contributed by atoms with Crippen LogP contribution in [0.25, 0.3) is 0 Å². The number of carboxylic acid groups (broad SMARTS) is 1. The number of aliphatic carboxylic acids is 1. The van der Waals surface area contributed by atoms with Gasteiger partial charge in [-0.05, 0) is 37.8 Å². The van der Waals surface area contributed by atoms with Crippen LogP contribution in [0.2, 0.25) is 0 Å². The summed E-state index contributed by atoms with van der Waals surface area (Å²) in [5.74, 6) is -1.43. The molecule has 0 radical (unpaired) electrons. The number of carbonyl (C=O) groups is 2. The van der Waals surface area contributed by atoms with Crippen molar-refractivity contribution < 1.29 is 14.7 Å². The van der Waals surface area contributed by atoms with Crippen molar-refractivity contribution in [1.82, 2.24) is 5.32 Å². The molecule has 0 saturated carbocycles. The van der Waals surface area contributed by atoms with Crippen LogP contribution in [0.5, 0.6) is 0 Å². The van der Waals surface area contributed by atoms with Crippen LogP contribution in [-0.2, 0) is 9.59 Å². The van der Waals surface area contributed by atoms with Crippen molar-refractivity contribution in [1.29, 1.82) is 5.26 Å². The molecule has 1 rings (SSSR count). The standard InChI is InChI=1S/C18H23N3O3/c1-11(2)7-16(18(23)24)20-10-14(9-19)17(22)21-15-6-5-12(3)8-13(15)4/h5-6,8,10-11,16,20H,7H2,1-4H3,(H,21,22)(H,23,24)/b14-10-. The molecule has 0 aliphatic heterocycles. The quantitative estimate of drug-likeness (QED) is 0.527. The normalized spacial score (nSPS) is 12.4. The summed E-state index contributed by atoms with van der Waals surface area (Å²) in [6.07, 6.45) is 1.56. The molecule has 1 unspecified atom stereocenters. The molecule has 0 aromatic heterocycles. The van der Waals surface area contributed by atoms with Gasteiger partial charge in [0, 0.05) is 11.9 Å². The van der Waals surface area contributed by atoms with Crippen LogP contribution in [0.1, 0.15) is 31.4 Å². The molecular formula is C18H23N3O3. The first-order chi connectivity index (χ1) is 11.2. The number of anilines is 1. The molecule has 0 spiro atoms. The van der Waals surface area contributed by atoms with Gasteiger partial charge in [0.2, 0.25) is 0 Å². The first-order valence-electron chi connectivity index (χ1n) is 7.72. The maximum atomic E-state index is 12.2. The van der Waals surface area contributed by atoms with Gasteiger partial charge in [-0.15, -0.1) is 0 Å². The zero-order valence-electron chi connectivity index (χ0n) is 14.4. The molecule has 1 amide bonds. The lowest BCUT2D eigenvalue weighted by molar-refractivity contribution is -0.139. The van der Waals surface area contributed by atoms with Crippen molar-refractivity contribution in [2.24, 2.45) is 5.92 Å². The highest BCUT2D eigenvalue weighted by Gasteiger charge is 2.18. The number of aryl methyl sites for hydroxylation is 2. The summed E-state index contributed by atoms with van der Waals surface area (Å²) >= 11 is 0. The fourth-order valence-corrected chi connectivity index (χ4v) is 2.19. The maximum Gasteiger partial charge on any atom is 0.326 e. The number of rotatable bonds is 7. The molecule has 0 aliphatic carbocycles. The minimum atomic E-state index is -1.02. The van der Waals surface area contributed by atoms with Gasteiger partial charge >= 0.3 is 5.97 Å². The highest BCUT2D eigenvalue weighted by molar-refractivity contribution is 6.06. The van der Waals surface area contributed by atoms with Crippen molar-refractivity contribution in [2.45, 2.75) is 40.2 Å². The number of hydrogen-bond acceptors (Lipinski definition) is 4. The molecule has 1 aromatic carbocycles. The Balaban J connectivity index is 2.85. The molecule has 6 heteroatoms. The summed E-state index contributed by atoms with van der Waals surface area (Å²) in [5.41, 5.74) is 2.40. The summed E-state index contributed by atoms with van der Waals surface area (Å²) in [4.78, 5) is 23.4. The number of nitrogens with one attached hydrogen (secondary N) is 2. The molecule has 0 bridgehead atoms. The van der Waals surface area contributed by atoms with Crippen molar-refractivity contribution in [2.75, 3.05) is 5.32 Å². The van der Waals surface area contributed by atoms with Gasteiger partial charge < -0.3 is 15.7 Å². The van der Waals surface area contributed by atoms with Crippen LogP contribution in [0, 0.1) is 31.1 Å². The summed E-state index contributed by atoms with van der Waals surface area (Å²) in [7, 11) is 0. The second-order valence-corrected chi connectivity index (χ2v) is 6.13. The number of nitriles is 1. The number of benzene rings is 1. The maximum absolute atomic E-state index is 12.2. The second kappa shape index (κ2) is 8.73. The van der Waals surface area contributed by atoms with E-state index >= 15 is 0 Å². The van der Waals surface area contributed by atoms with E-state index in [4.69, 9.17) is 10.4 Å². The first kappa shape index (κ1) is 19.2. The van der Waals surface area contributed by atoms with Crippen molar-refractivity contribution >= 4 is 17.6 Å². The number of carbonyl (C=O) groups excluding carboxylic acids is 1. The predicted octanol–water partition coefficient (Wildman–Crippen LogP) is 2.74. The molecule has 6 nitrogen and oxygen atoms in total. The lowest BCUT2D eigenvalue weighted by Crippen LogP contribution is -2.35. The minimum absolute atomic E-state index is 0.168. The molecular weight excluding hydrogens is 306 g/mol. The van der Waals surface area contributed by atoms with E-state index in [2.05, 4.69) is 10.6 Å². The van der Waals surface area contributed by atoms with Gasteiger partial charge in [0.25, 0.3) is 5.91 Å². The van der Waals surface area contributed by atoms with Gasteiger partial charge in [0.1, 0.15) is 17.7 Å². The zero-order valence-corrected chi connectivity index (χ0v) is 14.4. The minimum Gasteiger partial charge on any atom is -0.480 e. The third kappa shape index (κ3) is 5.76. The highest BCUT2D eigenvalue weighted by Crippen LogP contribution is 2.16. The van der Waals surface area contributed by atoms with Gasteiger partial charge in [-0.2, -0.15) is 5.26 Å². The Bertz CT molecular complexity index is 687. The number of carboxylic acids is 1. The van der Waals surface area contributed by atoms with Crippen molar-refractivity contribution in [3.63, 3.8) is 0 Å². The summed E-state index contributed by atoms with van der Waals surface area (Å²) in [6, 6.07) is 6.50. The van der Waals surface area contributed by atoms with E-state index in [0.29, 0.717) is 12.1 Å². The predicted molar refractivity (Wildman–Crippen MR) is 92.3 cm³/mol. The van der Waals surface area contributed by atoms with Crippen molar-refractivity contribution in [3.05, 3.63) is 41.1 Å². The fraction of sp³-hybridized carbons (Fsp3) is 0.389. The Morgan fingerprint density at radius 2 is 2.00 bits per heavy atom. The Kier molecular flexibility index (Phi) is 6.99. The molecule has 128 valence electrons. The molecule has 1 atom stereocenters. The van der Waals surface area contributed by atoms with E-state index in [1.54, 1.807) is 12.1 Å². The Labute approximate surface area is 142 Å². The fourth-order valence-electron chi connectivity index (χ4n) is 2.19. The van der Waals surface area contributed by atoms with Crippen molar-refractivity contribution in [3.8, 4) is 6.07 Å². The number of amides is 1. The summed E-state index contributed by atoms with van der Waals surface area (Å²) < 4.78 is 0. The highest BCUT2D eigenvalue weighted by atomic mass is 16.4. The van der Waals surface area contributed by atoms with E-state index in [-0.39, 0.29) is 11.5 Å². The van der Waals surface area contributed by atoms with Crippen LogP contribution >= 0.6 is 0 Å². The third-order valence-corrected chi connectivity index (χ3v) is 3.43. The lowest BCUT2D eigenvalue weighted by atomic mass is 10.0. The number of hydrogen-bond donors (Lipinski definition) is 3. The van der Waals surface area contributed by atoms with E-state index in [1.165, 1.54) is 6.20 Å². The summed E-state index contributed by atoms with van der Waals surface area (Å²) in [6.45, 7) is 7.61. The SMILES string of the molecule is Cc1ccc(NC(=O)/C(C#N)=C\NC(CC(C)C)C(=O)O)c(C)c1. The van der Waals surface area contributed by atoms with Crippen LogP contribution in [0.4, 0.5) is 5.69 Å². The van der Waals surface area contributed by atoms with Gasteiger partial charge in [-0.25, -0.2) is 4.79 Å². The molecule has 3 N–H and O–H groups in total. The molecule has 0 heterocycles. The molecule has 0 fully saturated rings. The van der Waals surface area contributed by atoms with Crippen LogP contribution in [-0.4, -0.2) is 23.0 Å². The Hall–Kier alpha value is -2.81. The zero-order chi connectivity index (χ0) is 18.3. The monoisotopic (exact) mass is 329 g/mol. The molecule has 0 saturated heterocycles. The molecule has 1 aromatic rings. The average Bonchev–Trinajstić information content (AvgIpc) is 2.49. The van der Waals surface area contributed by atoms with Crippen LogP contribution < -0.4 is 10.6 Å². The first-order valence-corrected chi connectivity index (χ1v) is 7.72. The van der Waals surface area contributed by atoms with Gasteiger partial charge in [0.05, 0.1) is 0 Å². The van der Waals surface area contributed by atoms with E-state index in [9.17, 15) is 9.59 Å². The smallest absolute Gasteiger partial charge is 0.326 e. The second-order valence-electron chi connectivity index (χ2n) is 6.13. The molecule has 0 aliphatic rings. The Morgan fingerprint density at radius 1 is 1.33 bits per heavy atom. The lowest BCUT2D eigenvalue weighted by Gasteiger charge is -2.15. The average molecular weight is 329 g/mol. The largest absolute Gasteiger partial charge is 0.480 e. The third-order valence-electron chi connectivity index (χ3n) is 3.43. The van der Waals surface area contributed by atoms with Gasteiger partial charge in [0.15, 0.2) is 0 Å². The van der Waals surface area contributed by atoms with Crippen LogP contribution in [0.3, 0.4) is 0 Å². The topological polar surface area (TPSA) is 102 Å². The molecule has 24 heavy (non-hydrogen) atoms. The van der Waals surface area contributed by atoms with E-state index in [0.717, 1.165) is 11.1 Å². The van der Waals surface area contributed by atoms with Crippen LogP contribution in [0.15, 0.2) is 30.0 Å². The van der Waals surface area contributed by atoms with Gasteiger partial charge in [-0.1, -0.05) is 31.5 Å². The Morgan fingerprint density at radius 3 is 2.50 bits per heavy atom. The van der Waals surface area contributed by atoms with Gasteiger partial charge in [-0.3, -0.25) is 4.79 Å². The summed E-state index contributed by atoms with van der Waals surface area (Å²) in [5, 5.41) is 23.6. The number of nitrogens with zero attached hydrogens (tertiary/aromatic N) is 1. The van der Waals surface area contributed by atoms with E-state index in [1.807, 2.05) is 39.8 Å². The van der Waals surface area contributed by atoms with E-state index < -0.39 is 17.9 Å².